The van der Waals surface area contributed by atoms with Crippen LogP contribution in [0.15, 0.2) is 0 Å². The van der Waals surface area contributed by atoms with Crippen LogP contribution in [-0.2, 0) is 20.8 Å². The average molecular weight is 391 g/mol. The molecule has 1 aliphatic carbocycles. The number of amides is 1. The van der Waals surface area contributed by atoms with Gasteiger partial charge in [-0.3, -0.25) is 14.2 Å². The Labute approximate surface area is 159 Å². The summed E-state index contributed by atoms with van der Waals surface area (Å²) in [6.07, 6.45) is 4.40. The summed E-state index contributed by atoms with van der Waals surface area (Å²) in [4.78, 5) is 19.1. The normalized spacial score (nSPS) is 26.8. The van der Waals surface area contributed by atoms with E-state index >= 15 is 0 Å². The zero-order chi connectivity index (χ0) is 19.1. The summed E-state index contributed by atoms with van der Waals surface area (Å²) >= 11 is -1.99. The number of hydrogen-bond acceptors (Lipinski definition) is 5. The van der Waals surface area contributed by atoms with Crippen molar-refractivity contribution in [1.29, 1.82) is 0 Å². The number of nitrogens with zero attached hydrogens (tertiary/aromatic N) is 4. The fraction of sp³-hybridized carbons (Fsp3) is 0.941. The van der Waals surface area contributed by atoms with Crippen molar-refractivity contribution in [3.8, 4) is 0 Å². The van der Waals surface area contributed by atoms with Gasteiger partial charge in [-0.2, -0.15) is 0 Å². The van der Waals surface area contributed by atoms with Gasteiger partial charge in [-0.25, -0.2) is 8.51 Å². The van der Waals surface area contributed by atoms with E-state index in [4.69, 9.17) is 9.29 Å². The predicted octanol–water partition coefficient (Wildman–Crippen LogP) is 0.0885. The molecule has 0 aromatic carbocycles. The van der Waals surface area contributed by atoms with Gasteiger partial charge in [0.15, 0.2) is 0 Å². The van der Waals surface area contributed by atoms with Crippen molar-refractivity contribution in [2.75, 3.05) is 67.1 Å². The maximum Gasteiger partial charge on any atom is 0.248 e. The summed E-state index contributed by atoms with van der Waals surface area (Å²) in [6, 6.07) is 0.956. The molecular formula is C17H34N4O4S. The van der Waals surface area contributed by atoms with Gasteiger partial charge in [0.05, 0.1) is 6.61 Å². The van der Waals surface area contributed by atoms with Crippen molar-refractivity contribution in [3.05, 3.63) is 0 Å². The quantitative estimate of drug-likeness (QED) is 0.468. The van der Waals surface area contributed by atoms with Gasteiger partial charge in [-0.15, -0.1) is 0 Å². The maximum absolute atomic E-state index is 12.3. The minimum Gasteiger partial charge on any atom is -0.370 e. The number of piperazine rings is 1. The number of ether oxygens (including phenoxy) is 1. The van der Waals surface area contributed by atoms with Gasteiger partial charge in [0.25, 0.3) is 0 Å². The van der Waals surface area contributed by atoms with E-state index in [1.54, 1.807) is 0 Å². The monoisotopic (exact) mass is 390 g/mol. The Hall–Kier alpha value is -0.580. The molecule has 0 aromatic rings. The van der Waals surface area contributed by atoms with E-state index in [-0.39, 0.29) is 19.1 Å². The molecule has 1 heterocycles. The van der Waals surface area contributed by atoms with Crippen LogP contribution in [0.3, 0.4) is 0 Å². The summed E-state index contributed by atoms with van der Waals surface area (Å²) in [7, 11) is 5.58. The van der Waals surface area contributed by atoms with E-state index in [1.165, 1.54) is 11.4 Å². The molecule has 2 aliphatic rings. The molecule has 1 aliphatic heterocycles. The Morgan fingerprint density at radius 3 is 2.35 bits per heavy atom. The van der Waals surface area contributed by atoms with E-state index in [9.17, 15) is 9.00 Å². The predicted molar refractivity (Wildman–Crippen MR) is 102 cm³/mol. The second kappa shape index (κ2) is 10.7. The van der Waals surface area contributed by atoms with Crippen LogP contribution < -0.4 is 0 Å². The van der Waals surface area contributed by atoms with Crippen molar-refractivity contribution in [1.82, 2.24) is 19.0 Å². The third-order valence-corrected chi connectivity index (χ3v) is 6.42. The van der Waals surface area contributed by atoms with Crippen molar-refractivity contribution in [2.45, 2.75) is 37.8 Å². The molecule has 1 atom stereocenters. The number of hydrogen-bond donors (Lipinski definition) is 1. The molecule has 1 unspecified atom stereocenters. The van der Waals surface area contributed by atoms with Crippen molar-refractivity contribution in [3.63, 3.8) is 0 Å². The zero-order valence-electron chi connectivity index (χ0n) is 16.3. The third kappa shape index (κ3) is 6.54. The second-order valence-corrected chi connectivity index (χ2v) is 8.53. The summed E-state index contributed by atoms with van der Waals surface area (Å²) in [5, 5.41) is 0. The fourth-order valence-electron chi connectivity index (χ4n) is 3.73. The molecule has 152 valence electrons. The number of carbonyl (C=O) groups excluding carboxylic acids is 1. The minimum absolute atomic E-state index is 0.0131. The summed E-state index contributed by atoms with van der Waals surface area (Å²) in [5.74, 6) is -0.0131. The molecule has 1 amide bonds. The third-order valence-electron chi connectivity index (χ3n) is 5.70. The van der Waals surface area contributed by atoms with Crippen molar-refractivity contribution < 1.29 is 18.3 Å². The first-order valence-electron chi connectivity index (χ1n) is 9.46. The van der Waals surface area contributed by atoms with E-state index in [0.717, 1.165) is 51.9 Å². The molecular weight excluding hydrogens is 356 g/mol. The molecule has 1 saturated heterocycles. The first-order chi connectivity index (χ1) is 12.4. The van der Waals surface area contributed by atoms with Crippen LogP contribution in [0.25, 0.3) is 0 Å². The van der Waals surface area contributed by atoms with Crippen LogP contribution in [0, 0.1) is 0 Å². The lowest BCUT2D eigenvalue weighted by Gasteiger charge is -2.42. The topological polar surface area (TPSA) is 76.6 Å². The second-order valence-electron chi connectivity index (χ2n) is 7.44. The lowest BCUT2D eigenvalue weighted by Crippen LogP contribution is -2.51. The van der Waals surface area contributed by atoms with Gasteiger partial charge in [0, 0.05) is 58.9 Å². The van der Waals surface area contributed by atoms with E-state index in [0.29, 0.717) is 18.6 Å². The Morgan fingerprint density at radius 1 is 1.15 bits per heavy atom. The number of rotatable bonds is 8. The molecule has 0 radical (unpaired) electrons. The Morgan fingerprint density at radius 2 is 1.77 bits per heavy atom. The molecule has 2 rings (SSSR count). The highest BCUT2D eigenvalue weighted by atomic mass is 32.2. The standard InChI is InChI=1S/C17H34N4O4S/c1-18-8-10-21(11-9-18)16-6-4-15(5-7-16)20(3)17(22)14-25-13-12-19(2)26(23)24/h15-16H,4-14H2,1-3H3,(H,23,24). The highest BCUT2D eigenvalue weighted by Gasteiger charge is 2.30. The molecule has 0 bridgehead atoms. The van der Waals surface area contributed by atoms with Crippen molar-refractivity contribution >= 4 is 17.2 Å². The summed E-state index contributed by atoms with van der Waals surface area (Å²) in [6.45, 7) is 5.21. The van der Waals surface area contributed by atoms with E-state index < -0.39 is 11.3 Å². The van der Waals surface area contributed by atoms with Crippen molar-refractivity contribution in [2.24, 2.45) is 0 Å². The lowest BCUT2D eigenvalue weighted by molar-refractivity contribution is -0.137. The van der Waals surface area contributed by atoms with Gasteiger partial charge >= 0.3 is 0 Å². The SMILES string of the molecule is CN1CCN(C2CCC(N(C)C(=O)COCCN(C)S(=O)O)CC2)CC1. The first-order valence-corrected chi connectivity index (χ1v) is 10.5. The van der Waals surface area contributed by atoms with Crippen LogP contribution >= 0.6 is 0 Å². The fourth-order valence-corrected chi connectivity index (χ4v) is 3.96. The highest BCUT2D eigenvalue weighted by Crippen LogP contribution is 2.26. The molecule has 0 aromatic heterocycles. The van der Waals surface area contributed by atoms with Crippen LogP contribution in [0.5, 0.6) is 0 Å². The average Bonchev–Trinajstić information content (AvgIpc) is 2.65. The zero-order valence-corrected chi connectivity index (χ0v) is 17.1. The van der Waals surface area contributed by atoms with Crippen LogP contribution in [0.1, 0.15) is 25.7 Å². The van der Waals surface area contributed by atoms with Gasteiger partial charge in [-0.1, -0.05) is 0 Å². The van der Waals surface area contributed by atoms with Gasteiger partial charge in [0.1, 0.15) is 6.61 Å². The maximum atomic E-state index is 12.3. The molecule has 2 fully saturated rings. The molecule has 9 heteroatoms. The smallest absolute Gasteiger partial charge is 0.248 e. The van der Waals surface area contributed by atoms with Crippen LogP contribution in [0.4, 0.5) is 0 Å². The lowest BCUT2D eigenvalue weighted by atomic mass is 9.89. The molecule has 1 saturated carbocycles. The van der Waals surface area contributed by atoms with Crippen LogP contribution in [-0.4, -0.2) is 113 Å². The Balaban J connectivity index is 1.64. The number of carbonyl (C=O) groups is 1. The van der Waals surface area contributed by atoms with Gasteiger partial charge < -0.3 is 14.5 Å². The molecule has 26 heavy (non-hydrogen) atoms. The Kier molecular flexibility index (Phi) is 8.92. The summed E-state index contributed by atoms with van der Waals surface area (Å²) in [5.41, 5.74) is 0. The van der Waals surface area contributed by atoms with Crippen LogP contribution in [0.2, 0.25) is 0 Å². The summed E-state index contributed by atoms with van der Waals surface area (Å²) < 4.78 is 26.3. The Bertz CT molecular complexity index is 466. The number of likely N-dealkylation sites (N-methyl/N-ethyl adjacent to an activating group) is 3. The van der Waals surface area contributed by atoms with Gasteiger partial charge in [0.2, 0.25) is 17.2 Å². The van der Waals surface area contributed by atoms with Gasteiger partial charge in [-0.05, 0) is 32.7 Å². The minimum atomic E-state index is -1.99. The molecule has 0 spiro atoms. The largest absolute Gasteiger partial charge is 0.370 e. The van der Waals surface area contributed by atoms with E-state index in [2.05, 4.69) is 16.8 Å². The molecule has 1 N–H and O–H groups in total. The molecule has 8 nitrogen and oxygen atoms in total. The highest BCUT2D eigenvalue weighted by molar-refractivity contribution is 7.76. The van der Waals surface area contributed by atoms with E-state index in [1.807, 2.05) is 11.9 Å². The first kappa shape index (κ1) is 21.7.